The third-order valence-corrected chi connectivity index (χ3v) is 1.34. The van der Waals surface area contributed by atoms with Gasteiger partial charge in [0.25, 0.3) is 0 Å². The van der Waals surface area contributed by atoms with Gasteiger partial charge >= 0.3 is 57.4 Å². The molecule has 0 amide bonds. The number of hydrogen-bond acceptors (Lipinski definition) is 1. The summed E-state index contributed by atoms with van der Waals surface area (Å²) in [4.78, 5) is 10.3. The molecule has 0 bridgehead atoms. The largest absolute Gasteiger partial charge is 1.00 e. The average Bonchev–Trinajstić information content (AvgIpc) is 1.88. The maximum Gasteiger partial charge on any atom is 1.00 e. The zero-order valence-corrected chi connectivity index (χ0v) is 9.92. The standard InChI is InChI=1S/C7H5ClO2.K.H/c8-6-3-1-5(2-4-6)7(9)10;;/h1-4H,(H,9,10);;/q;+1;-1. The molecule has 0 atom stereocenters. The Balaban J connectivity index is 0. The maximum atomic E-state index is 10.3. The van der Waals surface area contributed by atoms with Crippen LogP contribution in [0.25, 0.3) is 0 Å². The summed E-state index contributed by atoms with van der Waals surface area (Å²) in [5, 5.41) is 8.98. The molecule has 2 nitrogen and oxygen atoms in total. The van der Waals surface area contributed by atoms with Gasteiger partial charge in [-0.25, -0.2) is 4.79 Å². The van der Waals surface area contributed by atoms with E-state index in [4.69, 9.17) is 16.7 Å². The van der Waals surface area contributed by atoms with Gasteiger partial charge in [-0.05, 0) is 24.3 Å². The number of rotatable bonds is 1. The minimum absolute atomic E-state index is 0. The van der Waals surface area contributed by atoms with E-state index in [-0.39, 0.29) is 58.4 Å². The zero-order valence-electron chi connectivity index (χ0n) is 7.04. The van der Waals surface area contributed by atoms with E-state index in [1.807, 2.05) is 0 Å². The molecule has 0 fully saturated rings. The van der Waals surface area contributed by atoms with Crippen LogP contribution in [0.15, 0.2) is 24.3 Å². The molecule has 1 N–H and O–H groups in total. The number of hydrogen-bond donors (Lipinski definition) is 1. The number of carboxylic acid groups (broad SMARTS) is 1. The van der Waals surface area contributed by atoms with Crippen molar-refractivity contribution in [3.8, 4) is 0 Å². The molecule has 0 aliphatic heterocycles. The van der Waals surface area contributed by atoms with Crippen LogP contribution in [0.2, 0.25) is 5.02 Å². The molecule has 0 radical (unpaired) electrons. The summed E-state index contributed by atoms with van der Waals surface area (Å²) in [6.45, 7) is 0. The Hall–Kier alpha value is 0.616. The molecule has 0 aromatic heterocycles. The van der Waals surface area contributed by atoms with Gasteiger partial charge in [-0.3, -0.25) is 0 Å². The van der Waals surface area contributed by atoms with Crippen LogP contribution in [0.3, 0.4) is 0 Å². The van der Waals surface area contributed by atoms with E-state index >= 15 is 0 Å². The number of benzene rings is 1. The van der Waals surface area contributed by atoms with Crippen LogP contribution in [0.5, 0.6) is 0 Å². The van der Waals surface area contributed by atoms with E-state index in [1.54, 1.807) is 12.1 Å². The average molecular weight is 197 g/mol. The Morgan fingerprint density at radius 2 is 1.82 bits per heavy atom. The first-order valence-corrected chi connectivity index (χ1v) is 3.07. The Morgan fingerprint density at radius 1 is 1.36 bits per heavy atom. The van der Waals surface area contributed by atoms with Gasteiger partial charge in [-0.15, -0.1) is 0 Å². The van der Waals surface area contributed by atoms with Crippen molar-refractivity contribution in [2.75, 3.05) is 0 Å². The molecule has 0 aliphatic carbocycles. The Morgan fingerprint density at radius 3 is 2.18 bits per heavy atom. The van der Waals surface area contributed by atoms with Crippen LogP contribution in [0.4, 0.5) is 0 Å². The molecule has 0 aliphatic rings. The van der Waals surface area contributed by atoms with Gasteiger partial charge in [-0.1, -0.05) is 11.6 Å². The Kier molecular flexibility index (Phi) is 5.59. The second-order valence-corrected chi connectivity index (χ2v) is 2.25. The molecule has 1 rings (SSSR count). The molecule has 0 unspecified atom stereocenters. The Labute approximate surface area is 113 Å². The van der Waals surface area contributed by atoms with Crippen LogP contribution in [0, 0.1) is 0 Å². The number of carboxylic acids is 1. The van der Waals surface area contributed by atoms with E-state index in [9.17, 15) is 4.79 Å². The summed E-state index contributed by atoms with van der Waals surface area (Å²) in [5.74, 6) is -0.934. The predicted molar refractivity (Wildman–Crippen MR) is 39.5 cm³/mol. The van der Waals surface area contributed by atoms with E-state index < -0.39 is 5.97 Å². The molecule has 11 heavy (non-hydrogen) atoms. The van der Waals surface area contributed by atoms with Crippen molar-refractivity contribution in [2.24, 2.45) is 0 Å². The maximum absolute atomic E-state index is 10.3. The molecule has 1 aromatic carbocycles. The van der Waals surface area contributed by atoms with Gasteiger partial charge in [0.2, 0.25) is 0 Å². The van der Waals surface area contributed by atoms with Crippen LogP contribution < -0.4 is 51.4 Å². The number of halogens is 1. The van der Waals surface area contributed by atoms with E-state index in [1.165, 1.54) is 12.1 Å². The summed E-state index contributed by atoms with van der Waals surface area (Å²) in [7, 11) is 0. The van der Waals surface area contributed by atoms with E-state index in [0.717, 1.165) is 0 Å². The Bertz CT molecular complexity index is 250. The van der Waals surface area contributed by atoms with Crippen molar-refractivity contribution in [1.29, 1.82) is 0 Å². The van der Waals surface area contributed by atoms with Crippen molar-refractivity contribution >= 4 is 17.6 Å². The summed E-state index contributed by atoms with van der Waals surface area (Å²) >= 11 is 5.52. The predicted octanol–water partition coefficient (Wildman–Crippen LogP) is -0.845. The third kappa shape index (κ3) is 3.69. The fourth-order valence-corrected chi connectivity index (χ4v) is 0.718. The van der Waals surface area contributed by atoms with Gasteiger partial charge < -0.3 is 6.53 Å². The topological polar surface area (TPSA) is 37.3 Å². The molecular formula is C7H6ClKO2. The van der Waals surface area contributed by atoms with E-state index in [2.05, 4.69) is 0 Å². The first kappa shape index (κ1) is 11.6. The molecule has 54 valence electrons. The number of carbonyl (C=O) groups is 1. The fraction of sp³-hybridized carbons (Fsp3) is 0. The molecule has 4 heteroatoms. The molecule has 0 heterocycles. The number of aromatic carboxylic acids is 1. The third-order valence-electron chi connectivity index (χ3n) is 1.09. The van der Waals surface area contributed by atoms with Crippen molar-refractivity contribution < 1.29 is 62.7 Å². The van der Waals surface area contributed by atoms with Gasteiger partial charge in [-0.2, -0.15) is 0 Å². The van der Waals surface area contributed by atoms with Crippen LogP contribution >= 0.6 is 11.6 Å². The first-order valence-electron chi connectivity index (χ1n) is 2.69. The molecule has 0 saturated carbocycles. The van der Waals surface area contributed by atoms with Crippen molar-refractivity contribution in [2.45, 2.75) is 0 Å². The van der Waals surface area contributed by atoms with Crippen molar-refractivity contribution in [3.63, 3.8) is 0 Å². The van der Waals surface area contributed by atoms with Gasteiger partial charge in [0, 0.05) is 5.02 Å². The second kappa shape index (κ2) is 5.30. The monoisotopic (exact) mass is 196 g/mol. The van der Waals surface area contributed by atoms with Crippen LogP contribution in [-0.2, 0) is 0 Å². The van der Waals surface area contributed by atoms with Crippen LogP contribution in [0.1, 0.15) is 11.8 Å². The minimum atomic E-state index is -0.934. The van der Waals surface area contributed by atoms with Crippen LogP contribution in [-0.4, -0.2) is 11.1 Å². The molecular weight excluding hydrogens is 191 g/mol. The summed E-state index contributed by atoms with van der Waals surface area (Å²) < 4.78 is 0. The molecule has 1 aromatic rings. The summed E-state index contributed by atoms with van der Waals surface area (Å²) in [5.41, 5.74) is 0.254. The van der Waals surface area contributed by atoms with Crippen molar-refractivity contribution in [3.05, 3.63) is 34.9 Å². The second-order valence-electron chi connectivity index (χ2n) is 1.81. The smallest absolute Gasteiger partial charge is 1.00 e. The zero-order chi connectivity index (χ0) is 7.56. The van der Waals surface area contributed by atoms with Gasteiger partial charge in [0.15, 0.2) is 0 Å². The molecule has 0 spiro atoms. The minimum Gasteiger partial charge on any atom is -1.00 e. The summed E-state index contributed by atoms with van der Waals surface area (Å²) in [6, 6.07) is 6.02. The van der Waals surface area contributed by atoms with E-state index in [0.29, 0.717) is 5.02 Å². The quantitative estimate of drug-likeness (QED) is 0.595. The first-order chi connectivity index (χ1) is 4.70. The van der Waals surface area contributed by atoms with Gasteiger partial charge in [0.1, 0.15) is 0 Å². The molecule has 0 saturated heterocycles. The fourth-order valence-electron chi connectivity index (χ4n) is 0.592. The van der Waals surface area contributed by atoms with Crippen molar-refractivity contribution in [1.82, 2.24) is 0 Å². The SMILES string of the molecule is O=C(O)c1ccc(Cl)cc1.[H-].[K+]. The summed E-state index contributed by atoms with van der Waals surface area (Å²) in [6.07, 6.45) is 0. The van der Waals surface area contributed by atoms with Gasteiger partial charge in [0.05, 0.1) is 5.56 Å². The normalized spacial score (nSPS) is 8.45.